The molecule has 0 radical (unpaired) electrons. The second-order valence-corrected chi connectivity index (χ2v) is 5.77. The molecule has 1 N–H and O–H groups in total. The van der Waals surface area contributed by atoms with Crippen LogP contribution in [0, 0.1) is 0 Å². The summed E-state index contributed by atoms with van der Waals surface area (Å²) in [5, 5.41) is 12.5. The first-order valence-electron chi connectivity index (χ1n) is 6.67. The molecule has 0 bridgehead atoms. The van der Waals surface area contributed by atoms with Gasteiger partial charge in [0, 0.05) is 35.0 Å². The van der Waals surface area contributed by atoms with Gasteiger partial charge in [-0.15, -0.1) is 0 Å². The van der Waals surface area contributed by atoms with Crippen molar-refractivity contribution in [3.05, 3.63) is 54.0 Å². The molecule has 4 rings (SSSR count). The Balaban J connectivity index is 2.21. The summed E-state index contributed by atoms with van der Waals surface area (Å²) < 4.78 is 0. The van der Waals surface area contributed by atoms with Crippen molar-refractivity contribution in [3.8, 4) is 17.0 Å². The first kappa shape index (κ1) is 11.4. The van der Waals surface area contributed by atoms with Crippen LogP contribution in [0.2, 0.25) is 0 Å². The molecule has 98 valence electrons. The van der Waals surface area contributed by atoms with Gasteiger partial charge in [-0.05, 0) is 34.7 Å². The van der Waals surface area contributed by atoms with Gasteiger partial charge < -0.3 is 5.11 Å². The Morgan fingerprint density at radius 3 is 2.80 bits per heavy atom. The molecular formula is C17H14N2O. The third-order valence-electron chi connectivity index (χ3n) is 4.31. The molecule has 0 fully saturated rings. The number of aromatic hydroxyl groups is 1. The van der Waals surface area contributed by atoms with E-state index in [1.165, 1.54) is 0 Å². The van der Waals surface area contributed by atoms with Gasteiger partial charge in [0.2, 0.25) is 0 Å². The van der Waals surface area contributed by atoms with Crippen LogP contribution in [0.5, 0.6) is 5.75 Å². The van der Waals surface area contributed by atoms with E-state index in [-0.39, 0.29) is 11.2 Å². The highest BCUT2D eigenvalue weighted by Gasteiger charge is 2.38. The smallest absolute Gasteiger partial charge is 0.134 e. The minimum absolute atomic E-state index is 0.145. The average molecular weight is 262 g/mol. The molecule has 1 aliphatic carbocycles. The van der Waals surface area contributed by atoms with E-state index < -0.39 is 0 Å². The van der Waals surface area contributed by atoms with Crippen molar-refractivity contribution in [1.29, 1.82) is 0 Å². The molecule has 0 aliphatic heterocycles. The summed E-state index contributed by atoms with van der Waals surface area (Å²) in [6.45, 7) is 4.34. The Kier molecular flexibility index (Phi) is 2.04. The van der Waals surface area contributed by atoms with Gasteiger partial charge in [-0.25, -0.2) is 0 Å². The molecule has 0 spiro atoms. The third kappa shape index (κ3) is 1.24. The lowest BCUT2D eigenvalue weighted by atomic mass is 9.82. The average Bonchev–Trinajstić information content (AvgIpc) is 2.69. The van der Waals surface area contributed by atoms with Crippen molar-refractivity contribution >= 4 is 10.8 Å². The second kappa shape index (κ2) is 3.57. The maximum Gasteiger partial charge on any atom is 0.134 e. The normalized spacial score (nSPS) is 15.1. The van der Waals surface area contributed by atoms with Crippen LogP contribution in [0.3, 0.4) is 0 Å². The first-order valence-corrected chi connectivity index (χ1v) is 6.67. The number of nitrogens with zero attached hydrogens (tertiary/aromatic N) is 2. The summed E-state index contributed by atoms with van der Waals surface area (Å²) in [5.41, 5.74) is 3.88. The Hall–Kier alpha value is -2.42. The lowest BCUT2D eigenvalue weighted by molar-refractivity contribution is 0.482. The van der Waals surface area contributed by atoms with E-state index in [2.05, 4.69) is 35.9 Å². The number of hydrogen-bond acceptors (Lipinski definition) is 3. The fourth-order valence-corrected chi connectivity index (χ4v) is 3.21. The van der Waals surface area contributed by atoms with Crippen LogP contribution in [-0.4, -0.2) is 15.1 Å². The van der Waals surface area contributed by atoms with Crippen LogP contribution in [0.4, 0.5) is 0 Å². The van der Waals surface area contributed by atoms with Gasteiger partial charge in [-0.2, -0.15) is 0 Å². The van der Waals surface area contributed by atoms with E-state index in [4.69, 9.17) is 0 Å². The van der Waals surface area contributed by atoms with Gasteiger partial charge in [0.15, 0.2) is 0 Å². The molecule has 0 amide bonds. The Morgan fingerprint density at radius 2 is 1.95 bits per heavy atom. The van der Waals surface area contributed by atoms with Gasteiger partial charge in [-0.1, -0.05) is 19.9 Å². The summed E-state index contributed by atoms with van der Waals surface area (Å²) in [6.07, 6.45) is 5.23. The molecule has 3 aromatic rings. The Bertz CT molecular complexity index is 853. The minimum Gasteiger partial charge on any atom is -0.507 e. The Labute approximate surface area is 116 Å². The minimum atomic E-state index is -0.145. The summed E-state index contributed by atoms with van der Waals surface area (Å²) in [7, 11) is 0. The summed E-state index contributed by atoms with van der Waals surface area (Å²) in [5.74, 6) is 0.288. The molecule has 20 heavy (non-hydrogen) atoms. The molecule has 1 aromatic carbocycles. The predicted octanol–water partition coefficient (Wildman–Crippen LogP) is 3.64. The summed E-state index contributed by atoms with van der Waals surface area (Å²) >= 11 is 0. The summed E-state index contributed by atoms with van der Waals surface area (Å²) in [6, 6.07) is 8.12. The zero-order chi connectivity index (χ0) is 13.9. The predicted molar refractivity (Wildman–Crippen MR) is 78.8 cm³/mol. The molecule has 0 saturated carbocycles. The molecule has 3 nitrogen and oxygen atoms in total. The quantitative estimate of drug-likeness (QED) is 0.672. The Morgan fingerprint density at radius 1 is 1.10 bits per heavy atom. The zero-order valence-electron chi connectivity index (χ0n) is 11.4. The van der Waals surface area contributed by atoms with Crippen molar-refractivity contribution in [1.82, 2.24) is 9.97 Å². The van der Waals surface area contributed by atoms with E-state index in [9.17, 15) is 5.11 Å². The van der Waals surface area contributed by atoms with Gasteiger partial charge in [0.25, 0.3) is 0 Å². The van der Waals surface area contributed by atoms with Crippen LogP contribution < -0.4 is 0 Å². The van der Waals surface area contributed by atoms with Crippen LogP contribution in [0.1, 0.15) is 25.0 Å². The van der Waals surface area contributed by atoms with Crippen LogP contribution in [-0.2, 0) is 5.41 Å². The van der Waals surface area contributed by atoms with Crippen LogP contribution >= 0.6 is 0 Å². The molecule has 2 aromatic heterocycles. The number of hydrogen-bond donors (Lipinski definition) is 1. The number of rotatable bonds is 0. The molecular weight excluding hydrogens is 248 g/mol. The molecule has 3 heteroatoms. The van der Waals surface area contributed by atoms with Crippen molar-refractivity contribution in [3.63, 3.8) is 0 Å². The molecule has 0 atom stereocenters. The lowest BCUT2D eigenvalue weighted by Gasteiger charge is -2.21. The fourth-order valence-electron chi connectivity index (χ4n) is 3.21. The third-order valence-corrected chi connectivity index (χ3v) is 4.31. The van der Waals surface area contributed by atoms with Gasteiger partial charge in [-0.3, -0.25) is 9.97 Å². The molecule has 0 unspecified atom stereocenters. The van der Waals surface area contributed by atoms with Gasteiger partial charge in [0.1, 0.15) is 5.75 Å². The van der Waals surface area contributed by atoms with Crippen molar-refractivity contribution in [2.24, 2.45) is 0 Å². The molecule has 1 aliphatic rings. The van der Waals surface area contributed by atoms with Crippen molar-refractivity contribution < 1.29 is 5.11 Å². The largest absolute Gasteiger partial charge is 0.507 e. The highest BCUT2D eigenvalue weighted by molar-refractivity contribution is 5.98. The summed E-state index contributed by atoms with van der Waals surface area (Å²) in [4.78, 5) is 8.59. The standard InChI is InChI=1S/C17H14N2O/c1-17(2)12-4-3-6-19-15(12)14-13(17)8-10-5-7-18-9-11(10)16(14)20/h3-9,20H,1-2H3. The maximum absolute atomic E-state index is 10.7. The number of phenolic OH excluding ortho intramolecular Hbond substituents is 1. The lowest BCUT2D eigenvalue weighted by Crippen LogP contribution is -2.14. The van der Waals surface area contributed by atoms with Crippen molar-refractivity contribution in [2.45, 2.75) is 19.3 Å². The monoisotopic (exact) mass is 262 g/mol. The van der Waals surface area contributed by atoms with E-state index in [0.29, 0.717) is 0 Å². The van der Waals surface area contributed by atoms with E-state index in [0.717, 1.165) is 33.2 Å². The van der Waals surface area contributed by atoms with Gasteiger partial charge >= 0.3 is 0 Å². The fraction of sp³-hybridized carbons (Fsp3) is 0.176. The number of pyridine rings is 2. The maximum atomic E-state index is 10.7. The molecule has 0 saturated heterocycles. The highest BCUT2D eigenvalue weighted by Crippen LogP contribution is 2.52. The van der Waals surface area contributed by atoms with Gasteiger partial charge in [0.05, 0.1) is 5.69 Å². The number of aromatic nitrogens is 2. The van der Waals surface area contributed by atoms with E-state index in [1.807, 2.05) is 12.1 Å². The van der Waals surface area contributed by atoms with E-state index >= 15 is 0 Å². The van der Waals surface area contributed by atoms with E-state index in [1.54, 1.807) is 18.6 Å². The number of benzene rings is 1. The number of fused-ring (bicyclic) bond motifs is 4. The first-order chi connectivity index (χ1) is 9.60. The van der Waals surface area contributed by atoms with Crippen LogP contribution in [0.15, 0.2) is 42.9 Å². The molecule has 2 heterocycles. The topological polar surface area (TPSA) is 46.0 Å². The van der Waals surface area contributed by atoms with Crippen LogP contribution in [0.25, 0.3) is 22.0 Å². The number of phenols is 1. The second-order valence-electron chi connectivity index (χ2n) is 5.77. The SMILES string of the molecule is CC1(C)c2cccnc2-c2c1cc1ccncc1c2O. The zero-order valence-corrected chi connectivity index (χ0v) is 11.4. The highest BCUT2D eigenvalue weighted by atomic mass is 16.3. The van der Waals surface area contributed by atoms with Crippen molar-refractivity contribution in [2.75, 3.05) is 0 Å².